The topological polar surface area (TPSA) is 94.8 Å². The first kappa shape index (κ1) is 24.7. The van der Waals surface area contributed by atoms with Crippen LogP contribution in [0.3, 0.4) is 0 Å². The van der Waals surface area contributed by atoms with E-state index in [9.17, 15) is 14.4 Å². The van der Waals surface area contributed by atoms with Crippen molar-refractivity contribution in [3.63, 3.8) is 0 Å². The molecule has 1 aromatic heterocycles. The Labute approximate surface area is 208 Å². The maximum Gasteiger partial charge on any atom is 0.349 e. The van der Waals surface area contributed by atoms with Crippen molar-refractivity contribution in [1.29, 1.82) is 0 Å². The van der Waals surface area contributed by atoms with Crippen LogP contribution in [-0.2, 0) is 4.79 Å². The van der Waals surface area contributed by atoms with Gasteiger partial charge >= 0.3 is 11.6 Å². The molecule has 3 aromatic carbocycles. The van der Waals surface area contributed by atoms with Gasteiger partial charge in [-0.3, -0.25) is 4.79 Å². The van der Waals surface area contributed by atoms with Crippen LogP contribution in [0.15, 0.2) is 82.0 Å². The smallest absolute Gasteiger partial charge is 0.349 e. The van der Waals surface area contributed by atoms with Crippen molar-refractivity contribution in [1.82, 2.24) is 5.32 Å². The van der Waals surface area contributed by atoms with E-state index in [2.05, 4.69) is 29.6 Å². The minimum atomic E-state index is -0.752. The van der Waals surface area contributed by atoms with Crippen LogP contribution in [-0.4, -0.2) is 25.0 Å². The molecule has 7 nitrogen and oxygen atoms in total. The van der Waals surface area contributed by atoms with Crippen molar-refractivity contribution in [3.05, 3.63) is 94.3 Å². The number of amides is 1. The molecule has 0 bridgehead atoms. The summed E-state index contributed by atoms with van der Waals surface area (Å²) in [7, 11) is 0. The second-order valence-electron chi connectivity index (χ2n) is 8.41. The van der Waals surface area contributed by atoms with Gasteiger partial charge in [-0.25, -0.2) is 9.59 Å². The van der Waals surface area contributed by atoms with Gasteiger partial charge in [0.1, 0.15) is 22.6 Å². The lowest BCUT2D eigenvalue weighted by Crippen LogP contribution is -2.28. The van der Waals surface area contributed by atoms with Gasteiger partial charge in [0, 0.05) is 18.0 Å². The van der Waals surface area contributed by atoms with E-state index in [1.165, 1.54) is 17.7 Å². The lowest BCUT2D eigenvalue weighted by atomic mass is 10.0. The highest BCUT2D eigenvalue weighted by Gasteiger charge is 2.14. The molecule has 0 radical (unpaired) electrons. The largest absolute Gasteiger partial charge is 0.482 e. The molecule has 0 unspecified atom stereocenters. The average molecular weight is 486 g/mol. The Balaban J connectivity index is 1.36. The predicted molar refractivity (Wildman–Crippen MR) is 137 cm³/mol. The quantitative estimate of drug-likeness (QED) is 0.150. The van der Waals surface area contributed by atoms with Gasteiger partial charge in [-0.15, -0.1) is 0 Å². The number of benzene rings is 3. The number of hydrogen-bond donors (Lipinski definition) is 1. The van der Waals surface area contributed by atoms with E-state index in [-0.39, 0.29) is 23.5 Å². The lowest BCUT2D eigenvalue weighted by molar-refractivity contribution is -0.136. The zero-order chi connectivity index (χ0) is 25.5. The molecule has 4 rings (SSSR count). The fourth-order valence-corrected chi connectivity index (χ4v) is 3.58. The number of fused-ring (bicyclic) bond motifs is 1. The molecule has 0 spiro atoms. The molecule has 0 saturated carbocycles. The first-order valence-electron chi connectivity index (χ1n) is 11.8. The summed E-state index contributed by atoms with van der Waals surface area (Å²) < 4.78 is 16.2. The number of unbranched alkanes of at least 4 members (excludes halogenated alkanes) is 1. The lowest BCUT2D eigenvalue weighted by Gasteiger charge is -2.09. The molecule has 0 aliphatic heterocycles. The van der Waals surface area contributed by atoms with Gasteiger partial charge in [0.2, 0.25) is 0 Å². The van der Waals surface area contributed by atoms with E-state index < -0.39 is 17.5 Å². The third kappa shape index (κ3) is 6.18. The number of ether oxygens (including phenoxy) is 2. The van der Waals surface area contributed by atoms with Gasteiger partial charge in [0.15, 0.2) is 6.61 Å². The summed E-state index contributed by atoms with van der Waals surface area (Å²) in [5.41, 5.74) is 2.73. The van der Waals surface area contributed by atoms with Gasteiger partial charge < -0.3 is 19.2 Å². The Morgan fingerprint density at radius 2 is 1.56 bits per heavy atom. The maximum absolute atomic E-state index is 12.3. The van der Waals surface area contributed by atoms with Gasteiger partial charge in [-0.1, -0.05) is 55.3 Å². The van der Waals surface area contributed by atoms with Crippen molar-refractivity contribution in [2.45, 2.75) is 26.7 Å². The van der Waals surface area contributed by atoms with Gasteiger partial charge in [0.05, 0.1) is 0 Å². The number of carbonyl (C=O) groups excluding carboxylic acids is 2. The number of esters is 1. The third-order valence-electron chi connectivity index (χ3n) is 5.60. The number of aryl methyl sites for hydroxylation is 1. The van der Waals surface area contributed by atoms with Crippen molar-refractivity contribution in [3.8, 4) is 22.6 Å². The Morgan fingerprint density at radius 1 is 0.889 bits per heavy atom. The molecule has 1 amide bonds. The highest BCUT2D eigenvalue weighted by Crippen LogP contribution is 2.23. The maximum atomic E-state index is 12.3. The molecular formula is C29H27NO6. The Kier molecular flexibility index (Phi) is 7.80. The summed E-state index contributed by atoms with van der Waals surface area (Å²) in [6.45, 7) is 4.25. The van der Waals surface area contributed by atoms with Crippen LogP contribution in [0.25, 0.3) is 22.1 Å². The van der Waals surface area contributed by atoms with Crippen molar-refractivity contribution >= 4 is 22.8 Å². The van der Waals surface area contributed by atoms with E-state index in [0.717, 1.165) is 24.0 Å². The molecule has 4 aromatic rings. The fourth-order valence-electron chi connectivity index (χ4n) is 3.58. The van der Waals surface area contributed by atoms with Crippen LogP contribution < -0.4 is 20.4 Å². The van der Waals surface area contributed by atoms with Crippen LogP contribution in [0, 0.1) is 6.92 Å². The molecule has 0 saturated heterocycles. The Morgan fingerprint density at radius 3 is 2.25 bits per heavy atom. The summed E-state index contributed by atoms with van der Waals surface area (Å²) in [4.78, 5) is 36.8. The Hall–Kier alpha value is -4.39. The molecule has 0 aliphatic carbocycles. The number of rotatable bonds is 9. The summed E-state index contributed by atoms with van der Waals surface area (Å²) in [6, 6.07) is 21.7. The van der Waals surface area contributed by atoms with Crippen LogP contribution in [0.5, 0.6) is 11.5 Å². The van der Waals surface area contributed by atoms with Crippen LogP contribution >= 0.6 is 0 Å². The first-order valence-corrected chi connectivity index (χ1v) is 11.8. The van der Waals surface area contributed by atoms with E-state index >= 15 is 0 Å². The van der Waals surface area contributed by atoms with Crippen molar-refractivity contribution in [2.24, 2.45) is 0 Å². The zero-order valence-electron chi connectivity index (χ0n) is 20.2. The second kappa shape index (κ2) is 11.4. The molecule has 0 fully saturated rings. The molecular weight excluding hydrogens is 458 g/mol. The van der Waals surface area contributed by atoms with E-state index in [4.69, 9.17) is 13.9 Å². The van der Waals surface area contributed by atoms with Crippen LogP contribution in [0.4, 0.5) is 0 Å². The average Bonchev–Trinajstić information content (AvgIpc) is 2.88. The number of nitrogens with one attached hydrogen (secondary N) is 1. The van der Waals surface area contributed by atoms with Gasteiger partial charge in [-0.05, 0) is 54.8 Å². The van der Waals surface area contributed by atoms with Crippen molar-refractivity contribution < 1.29 is 23.5 Å². The van der Waals surface area contributed by atoms with Crippen molar-refractivity contribution in [2.75, 3.05) is 13.2 Å². The summed E-state index contributed by atoms with van der Waals surface area (Å²) in [5.74, 6) is -0.337. The fraction of sp³-hybridized carbons (Fsp3) is 0.207. The monoisotopic (exact) mass is 485 g/mol. The minimum Gasteiger partial charge on any atom is -0.482 e. The summed E-state index contributed by atoms with van der Waals surface area (Å²) in [6.07, 6.45) is 1.75. The molecule has 1 N–H and O–H groups in total. The summed E-state index contributed by atoms with van der Waals surface area (Å²) in [5, 5.41) is 3.24. The number of carbonyl (C=O) groups is 2. The first-order chi connectivity index (χ1) is 17.4. The molecule has 7 heteroatoms. The van der Waals surface area contributed by atoms with E-state index in [1.54, 1.807) is 24.3 Å². The minimum absolute atomic E-state index is 0.0647. The summed E-state index contributed by atoms with van der Waals surface area (Å²) >= 11 is 0. The van der Waals surface area contributed by atoms with E-state index in [0.29, 0.717) is 17.7 Å². The zero-order valence-corrected chi connectivity index (χ0v) is 20.2. The standard InChI is InChI=1S/C29H27NO6/c1-3-4-15-30-28(32)25-16-22-11-14-24(17-26(22)36-29(25)33)35-27(31)18-34-23-12-9-21(10-13-23)20-7-5-19(2)6-8-20/h5-14,16-17H,3-4,15,18H2,1-2H3,(H,30,32). The normalized spacial score (nSPS) is 10.7. The molecule has 0 aliphatic rings. The number of hydrogen-bond acceptors (Lipinski definition) is 6. The van der Waals surface area contributed by atoms with Gasteiger partial charge in [-0.2, -0.15) is 0 Å². The molecule has 184 valence electrons. The SMILES string of the molecule is CCCCNC(=O)c1cc2ccc(OC(=O)COc3ccc(-c4ccc(C)cc4)cc3)cc2oc1=O. The third-order valence-corrected chi connectivity index (χ3v) is 5.60. The highest BCUT2D eigenvalue weighted by atomic mass is 16.6. The van der Waals surface area contributed by atoms with E-state index in [1.807, 2.05) is 26.0 Å². The molecule has 1 heterocycles. The van der Waals surface area contributed by atoms with Crippen LogP contribution in [0.2, 0.25) is 0 Å². The highest BCUT2D eigenvalue weighted by molar-refractivity contribution is 5.96. The second-order valence-corrected chi connectivity index (χ2v) is 8.41. The van der Waals surface area contributed by atoms with Gasteiger partial charge in [0.25, 0.3) is 5.91 Å². The van der Waals surface area contributed by atoms with Crippen LogP contribution in [0.1, 0.15) is 35.7 Å². The molecule has 0 atom stereocenters. The Bertz CT molecular complexity index is 1420. The molecule has 36 heavy (non-hydrogen) atoms. The predicted octanol–water partition coefficient (Wildman–Crippen LogP) is 5.28.